The number of aromatic carboxylic acids is 1. The van der Waals surface area contributed by atoms with Crippen molar-refractivity contribution in [1.82, 2.24) is 0 Å². The Labute approximate surface area is 208 Å². The molecule has 7 heteroatoms. The number of aromatic hydroxyl groups is 1. The van der Waals surface area contributed by atoms with Gasteiger partial charge < -0.3 is 10.2 Å². The lowest BCUT2D eigenvalue weighted by Gasteiger charge is -2.18. The van der Waals surface area contributed by atoms with Crippen molar-refractivity contribution in [3.8, 4) is 16.9 Å². The molecule has 0 fully saturated rings. The molecule has 5 rings (SSSR count). The SMILES string of the molecule is Cc1ccc(N2C(=O)C(=NNc3cccc(-c4ccc(C(=O)O)cc4)c3O)c3ccccc32)cc1C. The molecule has 0 spiro atoms. The van der Waals surface area contributed by atoms with E-state index in [0.717, 1.165) is 22.5 Å². The first-order valence-electron chi connectivity index (χ1n) is 11.4. The Bertz CT molecular complexity index is 1540. The van der Waals surface area contributed by atoms with E-state index in [1.807, 2.05) is 56.3 Å². The van der Waals surface area contributed by atoms with Crippen LogP contribution in [0, 0.1) is 13.8 Å². The van der Waals surface area contributed by atoms with Crippen molar-refractivity contribution in [3.05, 3.63) is 107 Å². The summed E-state index contributed by atoms with van der Waals surface area (Å²) in [4.78, 5) is 26.3. The second-order valence-corrected chi connectivity index (χ2v) is 8.58. The third kappa shape index (κ3) is 3.96. The van der Waals surface area contributed by atoms with E-state index in [-0.39, 0.29) is 22.9 Å². The zero-order valence-corrected chi connectivity index (χ0v) is 19.7. The maximum Gasteiger partial charge on any atom is 0.335 e. The Kier molecular flexibility index (Phi) is 5.74. The quantitative estimate of drug-likeness (QED) is 0.246. The van der Waals surface area contributed by atoms with Gasteiger partial charge in [-0.3, -0.25) is 15.1 Å². The number of carbonyl (C=O) groups is 2. The van der Waals surface area contributed by atoms with E-state index in [1.165, 1.54) is 12.1 Å². The number of hydrogen-bond acceptors (Lipinski definition) is 5. The minimum Gasteiger partial charge on any atom is -0.505 e. The predicted octanol–water partition coefficient (Wildman–Crippen LogP) is 5.87. The highest BCUT2D eigenvalue weighted by atomic mass is 16.4. The summed E-state index contributed by atoms with van der Waals surface area (Å²) in [6.45, 7) is 4.03. The number of rotatable bonds is 5. The largest absolute Gasteiger partial charge is 0.505 e. The molecule has 7 nitrogen and oxygen atoms in total. The number of para-hydroxylation sites is 2. The number of amides is 1. The monoisotopic (exact) mass is 477 g/mol. The summed E-state index contributed by atoms with van der Waals surface area (Å²) < 4.78 is 0. The fourth-order valence-electron chi connectivity index (χ4n) is 4.20. The number of benzene rings is 4. The lowest BCUT2D eigenvalue weighted by Crippen LogP contribution is -2.26. The van der Waals surface area contributed by atoms with Crippen molar-refractivity contribution in [2.24, 2.45) is 5.10 Å². The summed E-state index contributed by atoms with van der Waals surface area (Å²) in [5.41, 5.74) is 9.13. The smallest absolute Gasteiger partial charge is 0.335 e. The fourth-order valence-corrected chi connectivity index (χ4v) is 4.20. The average molecular weight is 478 g/mol. The number of carboxylic acid groups (broad SMARTS) is 1. The Morgan fingerprint density at radius 1 is 0.861 bits per heavy atom. The molecule has 0 saturated carbocycles. The first kappa shape index (κ1) is 22.9. The summed E-state index contributed by atoms with van der Waals surface area (Å²) in [7, 11) is 0. The van der Waals surface area contributed by atoms with Crippen LogP contribution >= 0.6 is 0 Å². The van der Waals surface area contributed by atoms with E-state index < -0.39 is 5.97 Å². The van der Waals surface area contributed by atoms with Gasteiger partial charge in [-0.2, -0.15) is 5.10 Å². The lowest BCUT2D eigenvalue weighted by atomic mass is 10.0. The van der Waals surface area contributed by atoms with Crippen LogP contribution in [0.15, 0.2) is 90.0 Å². The van der Waals surface area contributed by atoms with Gasteiger partial charge in [-0.25, -0.2) is 4.79 Å². The highest BCUT2D eigenvalue weighted by Gasteiger charge is 2.35. The number of aryl methyl sites for hydroxylation is 2. The molecule has 0 bridgehead atoms. The van der Waals surface area contributed by atoms with Gasteiger partial charge in [0.15, 0.2) is 5.71 Å². The van der Waals surface area contributed by atoms with Gasteiger partial charge >= 0.3 is 5.97 Å². The van der Waals surface area contributed by atoms with E-state index >= 15 is 0 Å². The average Bonchev–Trinajstić information content (AvgIpc) is 3.16. The molecule has 0 atom stereocenters. The molecule has 0 aliphatic carbocycles. The Balaban J connectivity index is 1.49. The van der Waals surface area contributed by atoms with E-state index in [4.69, 9.17) is 5.11 Å². The predicted molar refractivity (Wildman–Crippen MR) is 140 cm³/mol. The van der Waals surface area contributed by atoms with Crippen LogP contribution < -0.4 is 10.3 Å². The van der Waals surface area contributed by atoms with Crippen molar-refractivity contribution in [2.45, 2.75) is 13.8 Å². The van der Waals surface area contributed by atoms with E-state index in [9.17, 15) is 14.7 Å². The third-order valence-corrected chi connectivity index (χ3v) is 6.32. The maximum atomic E-state index is 13.5. The number of carboxylic acids is 1. The second kappa shape index (κ2) is 9.03. The minimum atomic E-state index is -1.02. The summed E-state index contributed by atoms with van der Waals surface area (Å²) in [6.07, 6.45) is 0. The van der Waals surface area contributed by atoms with Gasteiger partial charge in [0.1, 0.15) is 5.75 Å². The number of nitrogens with zero attached hydrogens (tertiary/aromatic N) is 2. The molecule has 1 aliphatic heterocycles. The summed E-state index contributed by atoms with van der Waals surface area (Å²) in [5, 5.41) is 24.4. The van der Waals surface area contributed by atoms with Gasteiger partial charge in [0.2, 0.25) is 0 Å². The number of hydrazone groups is 1. The summed E-state index contributed by atoms with van der Waals surface area (Å²) in [6, 6.07) is 24.7. The van der Waals surface area contributed by atoms with Gasteiger partial charge in [-0.05, 0) is 66.9 Å². The number of hydrogen-bond donors (Lipinski definition) is 3. The van der Waals surface area contributed by atoms with E-state index in [0.29, 0.717) is 22.4 Å². The molecule has 4 aromatic rings. The number of phenolic OH excluding ortho intramolecular Hbond substituents is 1. The van der Waals surface area contributed by atoms with Crippen LogP contribution in [0.3, 0.4) is 0 Å². The van der Waals surface area contributed by atoms with E-state index in [2.05, 4.69) is 10.5 Å². The molecular formula is C29H23N3O4. The molecular weight excluding hydrogens is 454 g/mol. The maximum absolute atomic E-state index is 13.5. The fraction of sp³-hybridized carbons (Fsp3) is 0.0690. The third-order valence-electron chi connectivity index (χ3n) is 6.32. The molecule has 1 heterocycles. The van der Waals surface area contributed by atoms with Crippen LogP contribution in [0.4, 0.5) is 17.1 Å². The van der Waals surface area contributed by atoms with Crippen molar-refractivity contribution in [1.29, 1.82) is 0 Å². The Hall–Kier alpha value is -4.91. The number of anilines is 3. The molecule has 0 radical (unpaired) electrons. The molecule has 4 aromatic carbocycles. The van der Waals surface area contributed by atoms with Gasteiger partial charge in [0, 0.05) is 16.8 Å². The standard InChI is InChI=1S/C29H23N3O4/c1-17-10-15-21(16-18(17)2)32-25-9-4-3-6-23(25)26(28(32)34)31-30-24-8-5-7-22(27(24)33)19-11-13-20(14-12-19)29(35)36/h3-16,30,33H,1-2H3,(H,35,36). The summed E-state index contributed by atoms with van der Waals surface area (Å²) >= 11 is 0. The molecule has 0 unspecified atom stereocenters. The lowest BCUT2D eigenvalue weighted by molar-refractivity contribution is -0.111. The number of carbonyl (C=O) groups excluding carboxylic acids is 1. The number of phenols is 1. The highest BCUT2D eigenvalue weighted by Crippen LogP contribution is 2.38. The number of fused-ring (bicyclic) bond motifs is 1. The summed E-state index contributed by atoms with van der Waals surface area (Å²) in [5.74, 6) is -1.35. The van der Waals surface area contributed by atoms with Crippen molar-refractivity contribution >= 4 is 34.7 Å². The van der Waals surface area contributed by atoms with Crippen LogP contribution in [-0.2, 0) is 4.79 Å². The zero-order valence-electron chi connectivity index (χ0n) is 19.7. The van der Waals surface area contributed by atoms with Crippen LogP contribution in [0.5, 0.6) is 5.75 Å². The Morgan fingerprint density at radius 2 is 1.58 bits per heavy atom. The minimum absolute atomic E-state index is 0.0605. The van der Waals surface area contributed by atoms with Crippen molar-refractivity contribution < 1.29 is 19.8 Å². The second-order valence-electron chi connectivity index (χ2n) is 8.58. The molecule has 36 heavy (non-hydrogen) atoms. The topological polar surface area (TPSA) is 102 Å². The van der Waals surface area contributed by atoms with Crippen LogP contribution in [0.1, 0.15) is 27.0 Å². The molecule has 3 N–H and O–H groups in total. The molecule has 0 aromatic heterocycles. The first-order valence-corrected chi connectivity index (χ1v) is 11.4. The van der Waals surface area contributed by atoms with Gasteiger partial charge in [-0.1, -0.05) is 48.5 Å². The zero-order chi connectivity index (χ0) is 25.4. The van der Waals surface area contributed by atoms with Gasteiger partial charge in [0.05, 0.1) is 16.9 Å². The van der Waals surface area contributed by atoms with Crippen LogP contribution in [0.2, 0.25) is 0 Å². The molecule has 178 valence electrons. The van der Waals surface area contributed by atoms with Crippen LogP contribution in [-0.4, -0.2) is 27.8 Å². The molecule has 1 amide bonds. The normalized spacial score (nSPS) is 13.7. The number of nitrogens with one attached hydrogen (secondary N) is 1. The molecule has 1 aliphatic rings. The van der Waals surface area contributed by atoms with Crippen molar-refractivity contribution in [2.75, 3.05) is 10.3 Å². The highest BCUT2D eigenvalue weighted by molar-refractivity contribution is 6.55. The van der Waals surface area contributed by atoms with Crippen LogP contribution in [0.25, 0.3) is 11.1 Å². The van der Waals surface area contributed by atoms with E-state index in [1.54, 1.807) is 35.2 Å². The molecule has 0 saturated heterocycles. The first-order chi connectivity index (χ1) is 17.3. The Morgan fingerprint density at radius 3 is 2.31 bits per heavy atom. The van der Waals surface area contributed by atoms with Gasteiger partial charge in [-0.15, -0.1) is 0 Å². The van der Waals surface area contributed by atoms with Crippen molar-refractivity contribution in [3.63, 3.8) is 0 Å². The van der Waals surface area contributed by atoms with Gasteiger partial charge in [0.25, 0.3) is 5.91 Å².